The molecule has 0 spiro atoms. The van der Waals surface area contributed by atoms with Gasteiger partial charge in [0.05, 0.1) is 0 Å². The molecule has 0 bridgehead atoms. The molecule has 1 atom stereocenters. The minimum atomic E-state index is 0.349. The molecule has 98 valence electrons. The normalized spacial score (nSPS) is 21.1. The molecule has 0 heterocycles. The highest BCUT2D eigenvalue weighted by atomic mass is 15.2. The highest BCUT2D eigenvalue weighted by Gasteiger charge is 2.40. The van der Waals surface area contributed by atoms with Crippen LogP contribution in [-0.2, 0) is 0 Å². The second-order valence-corrected chi connectivity index (χ2v) is 5.50. The summed E-state index contributed by atoms with van der Waals surface area (Å²) in [7, 11) is 6.56. The standard InChI is InChI=1S/C15H28N2/c1-5-6-8-11-14(16-2)15(17(3)4)12-9-7-10-13-15/h1,14,16H,6-13H2,2-4H3. The second-order valence-electron chi connectivity index (χ2n) is 5.50. The molecule has 1 fully saturated rings. The number of nitrogens with one attached hydrogen (secondary N) is 1. The SMILES string of the molecule is C#CCCCC(NC)C1(N(C)C)CCCCC1. The lowest BCUT2D eigenvalue weighted by Gasteiger charge is -2.48. The summed E-state index contributed by atoms with van der Waals surface area (Å²) >= 11 is 0. The van der Waals surface area contributed by atoms with Crippen LogP contribution in [0.4, 0.5) is 0 Å². The molecular weight excluding hydrogens is 208 g/mol. The molecule has 0 aromatic rings. The quantitative estimate of drug-likeness (QED) is 0.563. The van der Waals surface area contributed by atoms with E-state index < -0.39 is 0 Å². The first-order valence-corrected chi connectivity index (χ1v) is 6.95. The van der Waals surface area contributed by atoms with Gasteiger partial charge in [-0.1, -0.05) is 19.3 Å². The van der Waals surface area contributed by atoms with E-state index in [2.05, 4.69) is 37.3 Å². The molecule has 1 aliphatic carbocycles. The van der Waals surface area contributed by atoms with E-state index in [4.69, 9.17) is 6.42 Å². The van der Waals surface area contributed by atoms with E-state index in [1.807, 2.05) is 0 Å². The van der Waals surface area contributed by atoms with Crippen LogP contribution in [0.1, 0.15) is 51.4 Å². The summed E-state index contributed by atoms with van der Waals surface area (Å²) in [5.41, 5.74) is 0.349. The zero-order chi connectivity index (χ0) is 12.7. The summed E-state index contributed by atoms with van der Waals surface area (Å²) in [6, 6.07) is 0.575. The third-order valence-electron chi connectivity index (χ3n) is 4.42. The lowest BCUT2D eigenvalue weighted by Crippen LogP contribution is -2.59. The summed E-state index contributed by atoms with van der Waals surface area (Å²) in [5.74, 6) is 2.75. The van der Waals surface area contributed by atoms with Gasteiger partial charge in [0, 0.05) is 18.0 Å². The van der Waals surface area contributed by atoms with Crippen LogP contribution in [0.15, 0.2) is 0 Å². The van der Waals surface area contributed by atoms with E-state index in [9.17, 15) is 0 Å². The molecule has 1 rings (SSSR count). The van der Waals surface area contributed by atoms with Crippen LogP contribution in [0.2, 0.25) is 0 Å². The first kappa shape index (κ1) is 14.5. The first-order valence-electron chi connectivity index (χ1n) is 6.95. The van der Waals surface area contributed by atoms with Gasteiger partial charge >= 0.3 is 0 Å². The predicted octanol–water partition coefficient (Wildman–Crippen LogP) is 2.64. The smallest absolute Gasteiger partial charge is 0.0356 e. The predicted molar refractivity (Wildman–Crippen MR) is 75.0 cm³/mol. The Balaban J connectivity index is 2.68. The molecule has 1 saturated carbocycles. The number of terminal acetylenes is 1. The maximum absolute atomic E-state index is 5.35. The Morgan fingerprint density at radius 1 is 1.29 bits per heavy atom. The van der Waals surface area contributed by atoms with E-state index in [-0.39, 0.29) is 0 Å². The summed E-state index contributed by atoms with van der Waals surface area (Å²) in [4.78, 5) is 2.45. The molecule has 17 heavy (non-hydrogen) atoms. The molecule has 2 nitrogen and oxygen atoms in total. The Morgan fingerprint density at radius 2 is 1.94 bits per heavy atom. The van der Waals surface area contributed by atoms with Gasteiger partial charge in [-0.3, -0.25) is 0 Å². The molecule has 0 aliphatic heterocycles. The number of hydrogen-bond donors (Lipinski definition) is 1. The number of rotatable bonds is 6. The molecule has 1 aliphatic rings. The van der Waals surface area contributed by atoms with Crippen molar-refractivity contribution >= 4 is 0 Å². The van der Waals surface area contributed by atoms with Crippen LogP contribution in [0.3, 0.4) is 0 Å². The maximum Gasteiger partial charge on any atom is 0.0356 e. The average Bonchev–Trinajstić information content (AvgIpc) is 2.35. The number of nitrogens with zero attached hydrogens (tertiary/aromatic N) is 1. The third-order valence-corrected chi connectivity index (χ3v) is 4.42. The Morgan fingerprint density at radius 3 is 2.41 bits per heavy atom. The van der Waals surface area contributed by atoms with Gasteiger partial charge in [0.2, 0.25) is 0 Å². The lowest BCUT2D eigenvalue weighted by atomic mass is 9.74. The van der Waals surface area contributed by atoms with Gasteiger partial charge < -0.3 is 10.2 Å². The Bertz CT molecular complexity index is 246. The van der Waals surface area contributed by atoms with E-state index in [1.165, 1.54) is 38.5 Å². The van der Waals surface area contributed by atoms with Gasteiger partial charge in [0.25, 0.3) is 0 Å². The Labute approximate surface area is 107 Å². The molecule has 1 N–H and O–H groups in total. The van der Waals surface area contributed by atoms with Crippen molar-refractivity contribution in [3.63, 3.8) is 0 Å². The van der Waals surface area contributed by atoms with Gasteiger partial charge in [-0.25, -0.2) is 0 Å². The fraction of sp³-hybridized carbons (Fsp3) is 0.867. The van der Waals surface area contributed by atoms with E-state index >= 15 is 0 Å². The molecular formula is C15H28N2. The Kier molecular flexibility index (Phi) is 6.02. The maximum atomic E-state index is 5.35. The Hall–Kier alpha value is -0.520. The van der Waals surface area contributed by atoms with Crippen molar-refractivity contribution in [3.05, 3.63) is 0 Å². The molecule has 0 aromatic heterocycles. The highest BCUT2D eigenvalue weighted by Crippen LogP contribution is 2.36. The zero-order valence-electron chi connectivity index (χ0n) is 11.8. The van der Waals surface area contributed by atoms with E-state index in [1.54, 1.807) is 0 Å². The highest BCUT2D eigenvalue weighted by molar-refractivity contribution is 5.00. The van der Waals surface area contributed by atoms with Crippen molar-refractivity contribution in [2.45, 2.75) is 62.9 Å². The monoisotopic (exact) mass is 236 g/mol. The van der Waals surface area contributed by atoms with Crippen LogP contribution < -0.4 is 5.32 Å². The van der Waals surface area contributed by atoms with Crippen LogP contribution in [0, 0.1) is 12.3 Å². The number of unbranched alkanes of at least 4 members (excludes halogenated alkanes) is 1. The second kappa shape index (κ2) is 7.03. The molecule has 1 unspecified atom stereocenters. The van der Waals surface area contributed by atoms with Crippen molar-refractivity contribution in [1.82, 2.24) is 10.2 Å². The minimum Gasteiger partial charge on any atom is -0.315 e. The number of likely N-dealkylation sites (N-methyl/N-ethyl adjacent to an activating group) is 2. The van der Waals surface area contributed by atoms with Crippen LogP contribution in [0.5, 0.6) is 0 Å². The van der Waals surface area contributed by atoms with Gasteiger partial charge in [0.1, 0.15) is 0 Å². The fourth-order valence-corrected chi connectivity index (χ4v) is 3.36. The van der Waals surface area contributed by atoms with Crippen LogP contribution in [-0.4, -0.2) is 37.6 Å². The largest absolute Gasteiger partial charge is 0.315 e. The van der Waals surface area contributed by atoms with Crippen molar-refractivity contribution in [2.24, 2.45) is 0 Å². The van der Waals surface area contributed by atoms with Gasteiger partial charge in [0.15, 0.2) is 0 Å². The lowest BCUT2D eigenvalue weighted by molar-refractivity contribution is 0.0558. The average molecular weight is 236 g/mol. The molecule has 0 amide bonds. The van der Waals surface area contributed by atoms with Crippen molar-refractivity contribution in [3.8, 4) is 12.3 Å². The third kappa shape index (κ3) is 3.47. The van der Waals surface area contributed by atoms with E-state index in [0.717, 1.165) is 12.8 Å². The number of hydrogen-bond acceptors (Lipinski definition) is 2. The zero-order valence-corrected chi connectivity index (χ0v) is 11.8. The molecule has 0 saturated heterocycles. The molecule has 0 radical (unpaired) electrons. The van der Waals surface area contributed by atoms with E-state index in [0.29, 0.717) is 11.6 Å². The summed E-state index contributed by atoms with van der Waals surface area (Å²) in [6.45, 7) is 0. The molecule has 2 heteroatoms. The van der Waals surface area contributed by atoms with Crippen LogP contribution >= 0.6 is 0 Å². The van der Waals surface area contributed by atoms with Crippen molar-refractivity contribution in [1.29, 1.82) is 0 Å². The fourth-order valence-electron chi connectivity index (χ4n) is 3.36. The van der Waals surface area contributed by atoms with Crippen LogP contribution in [0.25, 0.3) is 0 Å². The van der Waals surface area contributed by atoms with Gasteiger partial charge in [-0.05, 0) is 46.8 Å². The summed E-state index contributed by atoms with van der Waals surface area (Å²) < 4.78 is 0. The molecule has 0 aromatic carbocycles. The van der Waals surface area contributed by atoms with Gasteiger partial charge in [-0.2, -0.15) is 0 Å². The minimum absolute atomic E-state index is 0.349. The first-order chi connectivity index (χ1) is 8.17. The van der Waals surface area contributed by atoms with Gasteiger partial charge in [-0.15, -0.1) is 12.3 Å². The summed E-state index contributed by atoms with van der Waals surface area (Å²) in [6.07, 6.45) is 15.4. The topological polar surface area (TPSA) is 15.3 Å². The summed E-state index contributed by atoms with van der Waals surface area (Å²) in [5, 5.41) is 3.54. The van der Waals surface area contributed by atoms with Crippen molar-refractivity contribution < 1.29 is 0 Å². The van der Waals surface area contributed by atoms with Crippen molar-refractivity contribution in [2.75, 3.05) is 21.1 Å².